The van der Waals surface area contributed by atoms with Gasteiger partial charge in [0.15, 0.2) is 0 Å². The second-order valence-electron chi connectivity index (χ2n) is 5.33. The van der Waals surface area contributed by atoms with Gasteiger partial charge < -0.3 is 10.0 Å². The molecule has 1 N–H and O–H groups in total. The molecule has 1 aromatic carbocycles. The highest BCUT2D eigenvalue weighted by Crippen LogP contribution is 2.22. The molecule has 2 atom stereocenters. The number of carbonyl (C=O) groups is 1. The van der Waals surface area contributed by atoms with Crippen LogP contribution in [0.15, 0.2) is 28.7 Å². The molecule has 1 amide bonds. The molecule has 2 rings (SSSR count). The molecule has 1 aromatic rings. The van der Waals surface area contributed by atoms with E-state index in [2.05, 4.69) is 22.9 Å². The third-order valence-electron chi connectivity index (χ3n) is 3.80. The van der Waals surface area contributed by atoms with Crippen LogP contribution < -0.4 is 0 Å². The summed E-state index contributed by atoms with van der Waals surface area (Å²) in [5.41, 5.74) is 1.03. The van der Waals surface area contributed by atoms with Crippen molar-refractivity contribution in [3.63, 3.8) is 0 Å². The number of hydrogen-bond donors (Lipinski definition) is 1. The molecule has 1 heterocycles. The monoisotopic (exact) mass is 325 g/mol. The smallest absolute Gasteiger partial charge is 0.227 e. The Morgan fingerprint density at radius 1 is 1.47 bits per heavy atom. The highest BCUT2D eigenvalue weighted by Gasteiger charge is 2.28. The molecule has 4 heteroatoms. The van der Waals surface area contributed by atoms with Gasteiger partial charge in [0, 0.05) is 23.7 Å². The van der Waals surface area contributed by atoms with Crippen molar-refractivity contribution < 1.29 is 9.90 Å². The van der Waals surface area contributed by atoms with Crippen molar-refractivity contribution in [2.45, 2.75) is 32.2 Å². The van der Waals surface area contributed by atoms with Crippen LogP contribution in [0.3, 0.4) is 0 Å². The van der Waals surface area contributed by atoms with Crippen LogP contribution in [-0.4, -0.2) is 35.1 Å². The molecule has 1 fully saturated rings. The Labute approximate surface area is 122 Å². The lowest BCUT2D eigenvalue weighted by Gasteiger charge is -2.37. The van der Waals surface area contributed by atoms with Gasteiger partial charge in [-0.05, 0) is 43.4 Å². The fraction of sp³-hybridized carbons (Fsp3) is 0.533. The van der Waals surface area contributed by atoms with Crippen LogP contribution in [-0.2, 0) is 11.2 Å². The number of nitrogens with zero attached hydrogens (tertiary/aromatic N) is 1. The van der Waals surface area contributed by atoms with E-state index in [1.165, 1.54) is 0 Å². The van der Waals surface area contributed by atoms with Crippen molar-refractivity contribution in [1.82, 2.24) is 4.90 Å². The summed E-state index contributed by atoms with van der Waals surface area (Å²) in [5, 5.41) is 9.26. The van der Waals surface area contributed by atoms with E-state index in [0.717, 1.165) is 22.9 Å². The Balaban J connectivity index is 2.02. The average Bonchev–Trinajstić information content (AvgIpc) is 2.39. The van der Waals surface area contributed by atoms with Gasteiger partial charge in [-0.15, -0.1) is 0 Å². The lowest BCUT2D eigenvalue weighted by Crippen LogP contribution is -2.46. The number of carbonyl (C=O) groups excluding carboxylic acids is 1. The molecular weight excluding hydrogens is 306 g/mol. The summed E-state index contributed by atoms with van der Waals surface area (Å²) < 4.78 is 0.998. The SMILES string of the molecule is CC1CCC(CO)CN1C(=O)Cc1cccc(Br)c1. The van der Waals surface area contributed by atoms with Crippen molar-refractivity contribution in [2.75, 3.05) is 13.2 Å². The first kappa shape index (κ1) is 14.5. The van der Waals surface area contributed by atoms with Gasteiger partial charge in [-0.2, -0.15) is 0 Å². The van der Waals surface area contributed by atoms with Gasteiger partial charge in [-0.25, -0.2) is 0 Å². The fourth-order valence-corrected chi connectivity index (χ4v) is 3.05. The van der Waals surface area contributed by atoms with Crippen LogP contribution >= 0.6 is 15.9 Å². The zero-order valence-corrected chi connectivity index (χ0v) is 12.8. The van der Waals surface area contributed by atoms with E-state index in [1.54, 1.807) is 0 Å². The highest BCUT2D eigenvalue weighted by atomic mass is 79.9. The second kappa shape index (κ2) is 6.53. The van der Waals surface area contributed by atoms with Crippen LogP contribution in [0.25, 0.3) is 0 Å². The van der Waals surface area contributed by atoms with Gasteiger partial charge >= 0.3 is 0 Å². The summed E-state index contributed by atoms with van der Waals surface area (Å²) in [6, 6.07) is 8.14. The Morgan fingerprint density at radius 3 is 2.95 bits per heavy atom. The van der Waals surface area contributed by atoms with Gasteiger partial charge in [-0.1, -0.05) is 28.1 Å². The number of amides is 1. The number of aliphatic hydroxyl groups excluding tert-OH is 1. The van der Waals surface area contributed by atoms with Gasteiger partial charge in [0.2, 0.25) is 5.91 Å². The van der Waals surface area contributed by atoms with E-state index in [9.17, 15) is 9.90 Å². The number of rotatable bonds is 3. The van der Waals surface area contributed by atoms with Crippen molar-refractivity contribution >= 4 is 21.8 Å². The Bertz CT molecular complexity index is 450. The standard InChI is InChI=1S/C15H20BrNO2/c1-11-5-6-13(10-18)9-17(11)15(19)8-12-3-2-4-14(16)7-12/h2-4,7,11,13,18H,5-6,8-10H2,1H3. The van der Waals surface area contributed by atoms with E-state index in [4.69, 9.17) is 0 Å². The quantitative estimate of drug-likeness (QED) is 0.928. The number of benzene rings is 1. The number of halogens is 1. The normalized spacial score (nSPS) is 23.4. The largest absolute Gasteiger partial charge is 0.396 e. The molecular formula is C15H20BrNO2. The zero-order chi connectivity index (χ0) is 13.8. The molecule has 0 radical (unpaired) electrons. The average molecular weight is 326 g/mol. The fourth-order valence-electron chi connectivity index (χ4n) is 2.60. The molecule has 1 aliphatic rings. The highest BCUT2D eigenvalue weighted by molar-refractivity contribution is 9.10. The molecule has 0 aliphatic carbocycles. The van der Waals surface area contributed by atoms with Crippen molar-refractivity contribution in [3.8, 4) is 0 Å². The van der Waals surface area contributed by atoms with Crippen LogP contribution in [0.5, 0.6) is 0 Å². The van der Waals surface area contributed by atoms with Crippen molar-refractivity contribution in [3.05, 3.63) is 34.3 Å². The van der Waals surface area contributed by atoms with E-state index < -0.39 is 0 Å². The third-order valence-corrected chi connectivity index (χ3v) is 4.30. The van der Waals surface area contributed by atoms with Gasteiger partial charge in [-0.3, -0.25) is 4.79 Å². The predicted octanol–water partition coefficient (Wildman–Crippen LogP) is 2.61. The maximum absolute atomic E-state index is 12.4. The molecule has 1 aliphatic heterocycles. The second-order valence-corrected chi connectivity index (χ2v) is 6.24. The minimum atomic E-state index is 0.156. The number of likely N-dealkylation sites (tertiary alicyclic amines) is 1. The zero-order valence-electron chi connectivity index (χ0n) is 11.2. The van der Waals surface area contributed by atoms with E-state index in [-0.39, 0.29) is 24.5 Å². The van der Waals surface area contributed by atoms with Crippen LogP contribution in [0, 0.1) is 5.92 Å². The van der Waals surface area contributed by atoms with E-state index >= 15 is 0 Å². The summed E-state index contributed by atoms with van der Waals surface area (Å²) in [6.07, 6.45) is 2.43. The number of aliphatic hydroxyl groups is 1. The summed E-state index contributed by atoms with van der Waals surface area (Å²) in [5.74, 6) is 0.395. The molecule has 0 saturated carbocycles. The van der Waals surface area contributed by atoms with Crippen LogP contribution in [0.1, 0.15) is 25.3 Å². The lowest BCUT2D eigenvalue weighted by atomic mass is 9.93. The molecule has 0 bridgehead atoms. The Hall–Kier alpha value is -0.870. The first-order valence-corrected chi connectivity index (χ1v) is 7.54. The summed E-state index contributed by atoms with van der Waals surface area (Å²) in [6.45, 7) is 2.95. The maximum Gasteiger partial charge on any atom is 0.227 e. The molecule has 3 nitrogen and oxygen atoms in total. The lowest BCUT2D eigenvalue weighted by molar-refractivity contribution is -0.135. The number of hydrogen-bond acceptors (Lipinski definition) is 2. The summed E-state index contributed by atoms with van der Waals surface area (Å²) in [4.78, 5) is 14.3. The molecule has 0 aromatic heterocycles. The Kier molecular flexibility index (Phi) is 4.99. The van der Waals surface area contributed by atoms with Crippen LogP contribution in [0.4, 0.5) is 0 Å². The van der Waals surface area contributed by atoms with Gasteiger partial charge in [0.25, 0.3) is 0 Å². The first-order valence-electron chi connectivity index (χ1n) is 6.75. The first-order chi connectivity index (χ1) is 9.10. The topological polar surface area (TPSA) is 40.5 Å². The minimum absolute atomic E-state index is 0.156. The minimum Gasteiger partial charge on any atom is -0.396 e. The van der Waals surface area contributed by atoms with E-state index in [1.807, 2.05) is 29.2 Å². The molecule has 1 saturated heterocycles. The molecule has 19 heavy (non-hydrogen) atoms. The predicted molar refractivity (Wildman–Crippen MR) is 78.8 cm³/mol. The molecule has 2 unspecified atom stereocenters. The van der Waals surface area contributed by atoms with Gasteiger partial charge in [0.1, 0.15) is 0 Å². The van der Waals surface area contributed by atoms with Crippen molar-refractivity contribution in [1.29, 1.82) is 0 Å². The third kappa shape index (κ3) is 3.80. The summed E-state index contributed by atoms with van der Waals surface area (Å²) >= 11 is 3.42. The molecule has 0 spiro atoms. The molecule has 104 valence electrons. The maximum atomic E-state index is 12.4. The Morgan fingerprint density at radius 2 is 2.26 bits per heavy atom. The number of piperidine rings is 1. The van der Waals surface area contributed by atoms with Gasteiger partial charge in [0.05, 0.1) is 6.42 Å². The van der Waals surface area contributed by atoms with E-state index in [0.29, 0.717) is 13.0 Å². The van der Waals surface area contributed by atoms with Crippen LogP contribution in [0.2, 0.25) is 0 Å². The van der Waals surface area contributed by atoms with Crippen molar-refractivity contribution in [2.24, 2.45) is 5.92 Å². The summed E-state index contributed by atoms with van der Waals surface area (Å²) in [7, 11) is 0.